The van der Waals surface area contributed by atoms with Crippen LogP contribution in [0.25, 0.3) is 11.0 Å². The molecule has 0 aliphatic heterocycles. The molecule has 3 N–H and O–H groups in total. The van der Waals surface area contributed by atoms with Gasteiger partial charge in [-0.15, -0.1) is 0 Å². The molecule has 126 valence electrons. The molecule has 0 fully saturated rings. The maximum absolute atomic E-state index is 12.3. The molecule has 0 aromatic carbocycles. The second-order valence-electron chi connectivity index (χ2n) is 5.97. The first kappa shape index (κ1) is 16.0. The third-order valence-electron chi connectivity index (χ3n) is 4.13. The fourth-order valence-electron chi connectivity index (χ4n) is 2.98. The molecule has 8 nitrogen and oxygen atoms in total. The first-order chi connectivity index (χ1) is 11.4. The van der Waals surface area contributed by atoms with Crippen molar-refractivity contribution in [3.8, 4) is 0 Å². The van der Waals surface area contributed by atoms with E-state index in [4.69, 9.17) is 0 Å². The van der Waals surface area contributed by atoms with Crippen LogP contribution in [0, 0.1) is 20.8 Å². The highest BCUT2D eigenvalue weighted by molar-refractivity contribution is 5.90. The lowest BCUT2D eigenvalue weighted by molar-refractivity contribution is -0.116. The van der Waals surface area contributed by atoms with Crippen LogP contribution in [0.3, 0.4) is 0 Å². The minimum Gasteiger partial charge on any atom is -0.309 e. The molecule has 0 aliphatic carbocycles. The maximum atomic E-state index is 12.3. The van der Waals surface area contributed by atoms with Crippen molar-refractivity contribution in [1.29, 1.82) is 0 Å². The zero-order valence-corrected chi connectivity index (χ0v) is 14.1. The minimum absolute atomic E-state index is 0.175. The Morgan fingerprint density at radius 2 is 2.08 bits per heavy atom. The van der Waals surface area contributed by atoms with E-state index in [1.165, 1.54) is 0 Å². The van der Waals surface area contributed by atoms with Crippen LogP contribution in [0.2, 0.25) is 0 Å². The third-order valence-corrected chi connectivity index (χ3v) is 4.13. The lowest BCUT2D eigenvalue weighted by Crippen LogP contribution is -2.19. The molecule has 0 saturated heterocycles. The van der Waals surface area contributed by atoms with Crippen molar-refractivity contribution in [1.82, 2.24) is 25.0 Å². The number of aromatic amines is 2. The molecule has 0 unspecified atom stereocenters. The van der Waals surface area contributed by atoms with Crippen LogP contribution >= 0.6 is 0 Å². The molecule has 0 radical (unpaired) electrons. The zero-order valence-electron chi connectivity index (χ0n) is 14.1. The predicted octanol–water partition coefficient (Wildman–Crippen LogP) is 1.48. The normalized spacial score (nSPS) is 11.2. The average Bonchev–Trinajstić information content (AvgIpc) is 3.02. The smallest absolute Gasteiger partial charge is 0.253 e. The van der Waals surface area contributed by atoms with Gasteiger partial charge in [-0.05, 0) is 32.8 Å². The van der Waals surface area contributed by atoms with Crippen molar-refractivity contribution >= 4 is 22.8 Å². The number of amides is 1. The molecule has 0 spiro atoms. The second kappa shape index (κ2) is 5.95. The van der Waals surface area contributed by atoms with E-state index in [-0.39, 0.29) is 17.9 Å². The van der Waals surface area contributed by atoms with E-state index < -0.39 is 0 Å². The van der Waals surface area contributed by atoms with Gasteiger partial charge >= 0.3 is 0 Å². The van der Waals surface area contributed by atoms with Gasteiger partial charge in [-0.3, -0.25) is 19.4 Å². The predicted molar refractivity (Wildman–Crippen MR) is 91.1 cm³/mol. The molecule has 3 aromatic heterocycles. The molecule has 1 amide bonds. The summed E-state index contributed by atoms with van der Waals surface area (Å²) in [5, 5.41) is 14.7. The SMILES string of the molecule is Cc1cc(NC(=O)CCc2c(C)c3c(C)nn(C)c3[nH]c2=O)n[nH]1. The van der Waals surface area contributed by atoms with Crippen LogP contribution in [0.1, 0.15) is 28.9 Å². The summed E-state index contributed by atoms with van der Waals surface area (Å²) >= 11 is 0. The Balaban J connectivity index is 1.81. The van der Waals surface area contributed by atoms with E-state index in [0.717, 1.165) is 22.3 Å². The number of hydrogen-bond donors (Lipinski definition) is 3. The molecule has 3 aromatic rings. The topological polar surface area (TPSA) is 108 Å². The number of carbonyl (C=O) groups excluding carboxylic acids is 1. The summed E-state index contributed by atoms with van der Waals surface area (Å²) in [6.07, 6.45) is 0.571. The summed E-state index contributed by atoms with van der Waals surface area (Å²) in [7, 11) is 1.80. The number of carbonyl (C=O) groups is 1. The number of fused-ring (bicyclic) bond motifs is 1. The summed E-state index contributed by atoms with van der Waals surface area (Å²) in [5.41, 5.74) is 3.75. The van der Waals surface area contributed by atoms with Gasteiger partial charge < -0.3 is 10.3 Å². The highest BCUT2D eigenvalue weighted by Gasteiger charge is 2.16. The Morgan fingerprint density at radius 1 is 1.33 bits per heavy atom. The highest BCUT2D eigenvalue weighted by Crippen LogP contribution is 2.21. The first-order valence-electron chi connectivity index (χ1n) is 7.73. The Hall–Kier alpha value is -2.90. The van der Waals surface area contributed by atoms with Crippen LogP contribution in [-0.2, 0) is 18.3 Å². The summed E-state index contributed by atoms with van der Waals surface area (Å²) in [4.78, 5) is 27.3. The number of aromatic nitrogens is 5. The van der Waals surface area contributed by atoms with Gasteiger partial charge in [0, 0.05) is 36.2 Å². The van der Waals surface area contributed by atoms with E-state index in [1.807, 2.05) is 20.8 Å². The van der Waals surface area contributed by atoms with Crippen molar-refractivity contribution in [3.05, 3.63) is 38.9 Å². The molecule has 0 atom stereocenters. The fraction of sp³-hybridized carbons (Fsp3) is 0.375. The molecular weight excluding hydrogens is 308 g/mol. The fourth-order valence-corrected chi connectivity index (χ4v) is 2.98. The molecule has 24 heavy (non-hydrogen) atoms. The minimum atomic E-state index is -0.177. The summed E-state index contributed by atoms with van der Waals surface area (Å²) < 4.78 is 1.66. The summed E-state index contributed by atoms with van der Waals surface area (Å²) in [5.74, 6) is 0.310. The van der Waals surface area contributed by atoms with Crippen molar-refractivity contribution in [3.63, 3.8) is 0 Å². The monoisotopic (exact) mass is 328 g/mol. The van der Waals surface area contributed by atoms with Crippen LogP contribution in [0.4, 0.5) is 5.82 Å². The molecular formula is C16H20N6O2. The van der Waals surface area contributed by atoms with Gasteiger partial charge in [-0.1, -0.05) is 0 Å². The Morgan fingerprint density at radius 3 is 2.75 bits per heavy atom. The van der Waals surface area contributed by atoms with Gasteiger partial charge in [-0.2, -0.15) is 10.2 Å². The molecule has 3 rings (SSSR count). The third kappa shape index (κ3) is 2.82. The Bertz CT molecular complexity index is 979. The van der Waals surface area contributed by atoms with Crippen LogP contribution < -0.4 is 10.9 Å². The maximum Gasteiger partial charge on any atom is 0.253 e. The number of nitrogens with zero attached hydrogens (tertiary/aromatic N) is 3. The van der Waals surface area contributed by atoms with E-state index in [9.17, 15) is 9.59 Å². The number of anilines is 1. The van der Waals surface area contributed by atoms with Gasteiger partial charge in [0.15, 0.2) is 5.82 Å². The van der Waals surface area contributed by atoms with Gasteiger partial charge in [0.1, 0.15) is 5.65 Å². The Kier molecular flexibility index (Phi) is 3.96. The Labute approximate surface area is 138 Å². The summed E-state index contributed by atoms with van der Waals surface area (Å²) in [6, 6.07) is 1.75. The number of H-pyrrole nitrogens is 2. The van der Waals surface area contributed by atoms with Crippen LogP contribution in [-0.4, -0.2) is 30.9 Å². The number of pyridine rings is 1. The quantitative estimate of drug-likeness (QED) is 0.674. The first-order valence-corrected chi connectivity index (χ1v) is 7.73. The zero-order chi connectivity index (χ0) is 17.4. The van der Waals surface area contributed by atoms with E-state index in [1.54, 1.807) is 17.8 Å². The lowest BCUT2D eigenvalue weighted by atomic mass is 10.0. The average molecular weight is 328 g/mol. The standard InChI is InChI=1S/C16H20N6O2/c1-8-7-12(20-19-8)17-13(23)6-5-11-9(2)14-10(3)21-22(4)15(14)18-16(11)24/h7H,5-6H2,1-4H3,(H,18,24)(H2,17,19,20,23). The summed E-state index contributed by atoms with van der Waals surface area (Å²) in [6.45, 7) is 5.66. The van der Waals surface area contributed by atoms with Gasteiger partial charge in [-0.25, -0.2) is 0 Å². The number of rotatable bonds is 4. The van der Waals surface area contributed by atoms with Crippen molar-refractivity contribution in [2.24, 2.45) is 7.05 Å². The number of aryl methyl sites for hydroxylation is 4. The largest absolute Gasteiger partial charge is 0.309 e. The van der Waals surface area contributed by atoms with Crippen molar-refractivity contribution in [2.75, 3.05) is 5.32 Å². The van der Waals surface area contributed by atoms with Gasteiger partial charge in [0.05, 0.1) is 5.69 Å². The van der Waals surface area contributed by atoms with E-state index >= 15 is 0 Å². The lowest BCUT2D eigenvalue weighted by Gasteiger charge is -2.07. The molecule has 8 heteroatoms. The van der Waals surface area contributed by atoms with Crippen molar-refractivity contribution < 1.29 is 4.79 Å². The number of nitrogens with one attached hydrogen (secondary N) is 3. The van der Waals surface area contributed by atoms with Gasteiger partial charge in [0.25, 0.3) is 5.56 Å². The second-order valence-corrected chi connectivity index (χ2v) is 5.97. The molecule has 0 bridgehead atoms. The van der Waals surface area contributed by atoms with E-state index in [2.05, 4.69) is 25.6 Å². The van der Waals surface area contributed by atoms with Crippen molar-refractivity contribution in [2.45, 2.75) is 33.6 Å². The molecule has 0 saturated carbocycles. The number of hydrogen-bond acceptors (Lipinski definition) is 4. The highest BCUT2D eigenvalue weighted by atomic mass is 16.1. The molecule has 0 aliphatic rings. The van der Waals surface area contributed by atoms with Crippen LogP contribution in [0.15, 0.2) is 10.9 Å². The van der Waals surface area contributed by atoms with Gasteiger partial charge in [0.2, 0.25) is 5.91 Å². The molecule has 3 heterocycles. The van der Waals surface area contributed by atoms with Crippen LogP contribution in [0.5, 0.6) is 0 Å². The van der Waals surface area contributed by atoms with E-state index in [0.29, 0.717) is 23.4 Å².